The average Bonchev–Trinajstić information content (AvgIpc) is 3.43. The predicted molar refractivity (Wildman–Crippen MR) is 106 cm³/mol. The lowest BCUT2D eigenvalue weighted by molar-refractivity contribution is -0.137. The third-order valence-electron chi connectivity index (χ3n) is 6.11. The molecule has 0 unspecified atom stereocenters. The van der Waals surface area contributed by atoms with Crippen molar-refractivity contribution in [1.82, 2.24) is 14.7 Å². The Bertz CT molecular complexity index is 937. The maximum atomic E-state index is 13.4. The van der Waals surface area contributed by atoms with Gasteiger partial charge in [0.2, 0.25) is 5.91 Å². The van der Waals surface area contributed by atoms with Crippen molar-refractivity contribution in [2.24, 2.45) is 5.92 Å². The van der Waals surface area contributed by atoms with E-state index in [-0.39, 0.29) is 30.7 Å². The second-order valence-electron chi connectivity index (χ2n) is 8.15. The molecule has 0 N–H and O–H groups in total. The zero-order chi connectivity index (χ0) is 22.2. The van der Waals surface area contributed by atoms with E-state index in [9.17, 15) is 22.8 Å². The number of nitrogens with zero attached hydrogens (tertiary/aromatic N) is 3. The van der Waals surface area contributed by atoms with Crippen LogP contribution in [0.3, 0.4) is 0 Å². The van der Waals surface area contributed by atoms with E-state index in [4.69, 9.17) is 4.42 Å². The van der Waals surface area contributed by atoms with Crippen LogP contribution in [0.25, 0.3) is 0 Å². The fourth-order valence-electron chi connectivity index (χ4n) is 4.32. The molecule has 31 heavy (non-hydrogen) atoms. The number of hydrogen-bond donors (Lipinski definition) is 0. The van der Waals surface area contributed by atoms with Crippen LogP contribution in [0, 0.1) is 5.92 Å². The summed E-state index contributed by atoms with van der Waals surface area (Å²) in [7, 11) is 1.98. The maximum Gasteiger partial charge on any atom is 0.416 e. The molecule has 2 saturated heterocycles. The first-order valence-corrected chi connectivity index (χ1v) is 10.2. The van der Waals surface area contributed by atoms with E-state index in [0.717, 1.165) is 25.2 Å². The molecule has 3 heterocycles. The summed E-state index contributed by atoms with van der Waals surface area (Å²) in [5.41, 5.74) is -0.344. The van der Waals surface area contributed by atoms with Gasteiger partial charge in [-0.05, 0) is 30.8 Å². The van der Waals surface area contributed by atoms with E-state index in [1.165, 1.54) is 23.3 Å². The van der Waals surface area contributed by atoms with E-state index in [1.54, 1.807) is 17.0 Å². The molecule has 6 nitrogen and oxygen atoms in total. The lowest BCUT2D eigenvalue weighted by atomic mass is 9.87. The molecule has 0 spiro atoms. The number of rotatable bonds is 3. The van der Waals surface area contributed by atoms with Gasteiger partial charge in [0.25, 0.3) is 5.91 Å². The molecule has 0 radical (unpaired) electrons. The van der Waals surface area contributed by atoms with E-state index in [0.29, 0.717) is 18.7 Å². The highest BCUT2D eigenvalue weighted by Crippen LogP contribution is 2.38. The number of likely N-dealkylation sites (N-methyl/N-ethyl adjacent to an activating group) is 1. The third kappa shape index (κ3) is 4.46. The van der Waals surface area contributed by atoms with Gasteiger partial charge in [-0.1, -0.05) is 18.2 Å². The van der Waals surface area contributed by atoms with Crippen molar-refractivity contribution in [3.05, 3.63) is 59.5 Å². The van der Waals surface area contributed by atoms with Gasteiger partial charge >= 0.3 is 6.18 Å². The number of furan rings is 1. The topological polar surface area (TPSA) is 57.0 Å². The third-order valence-corrected chi connectivity index (χ3v) is 6.11. The summed E-state index contributed by atoms with van der Waals surface area (Å²) >= 11 is 0. The highest BCUT2D eigenvalue weighted by Gasteiger charge is 2.43. The van der Waals surface area contributed by atoms with E-state index < -0.39 is 23.6 Å². The van der Waals surface area contributed by atoms with Crippen molar-refractivity contribution in [3.8, 4) is 0 Å². The SMILES string of the molecule is CN1CCN(C(=O)[C@@H]2CN(C(=O)c3ccco3)C[C@H]2c2cccc(C(F)(F)F)c2)CC1. The number of benzene rings is 1. The Morgan fingerprint density at radius 1 is 1.00 bits per heavy atom. The molecule has 2 fully saturated rings. The molecular formula is C22H24F3N3O3. The molecule has 0 aliphatic carbocycles. The van der Waals surface area contributed by atoms with Gasteiger partial charge in [-0.15, -0.1) is 0 Å². The summed E-state index contributed by atoms with van der Waals surface area (Å²) in [4.78, 5) is 31.5. The summed E-state index contributed by atoms with van der Waals surface area (Å²) < 4.78 is 45.0. The first kappa shape index (κ1) is 21.4. The van der Waals surface area contributed by atoms with Crippen LogP contribution in [-0.4, -0.2) is 72.8 Å². The summed E-state index contributed by atoms with van der Waals surface area (Å²) in [6.07, 6.45) is -3.09. The van der Waals surface area contributed by atoms with Crippen LogP contribution < -0.4 is 0 Å². The van der Waals surface area contributed by atoms with Gasteiger partial charge in [0.15, 0.2) is 5.76 Å². The van der Waals surface area contributed by atoms with Crippen molar-refractivity contribution >= 4 is 11.8 Å². The Morgan fingerprint density at radius 2 is 1.74 bits per heavy atom. The second-order valence-corrected chi connectivity index (χ2v) is 8.15. The molecule has 4 rings (SSSR count). The van der Waals surface area contributed by atoms with Crippen molar-refractivity contribution in [2.45, 2.75) is 12.1 Å². The number of piperazine rings is 1. The molecule has 2 amide bonds. The van der Waals surface area contributed by atoms with Crippen molar-refractivity contribution in [1.29, 1.82) is 0 Å². The van der Waals surface area contributed by atoms with E-state index >= 15 is 0 Å². The van der Waals surface area contributed by atoms with Crippen molar-refractivity contribution < 1.29 is 27.2 Å². The molecule has 9 heteroatoms. The molecule has 2 atom stereocenters. The number of halogens is 3. The quantitative estimate of drug-likeness (QED) is 0.744. The van der Waals surface area contributed by atoms with Gasteiger partial charge in [-0.25, -0.2) is 0 Å². The van der Waals surface area contributed by atoms with Crippen LogP contribution in [-0.2, 0) is 11.0 Å². The summed E-state index contributed by atoms with van der Waals surface area (Å²) in [6.45, 7) is 2.90. The minimum absolute atomic E-state index is 0.120. The Morgan fingerprint density at radius 3 is 2.39 bits per heavy atom. The summed E-state index contributed by atoms with van der Waals surface area (Å²) in [6, 6.07) is 8.20. The molecular weight excluding hydrogens is 411 g/mol. The van der Waals surface area contributed by atoms with Gasteiger partial charge in [0, 0.05) is 45.2 Å². The first-order valence-electron chi connectivity index (χ1n) is 10.2. The van der Waals surface area contributed by atoms with Crippen molar-refractivity contribution in [3.63, 3.8) is 0 Å². The van der Waals surface area contributed by atoms with Crippen LogP contribution in [0.1, 0.15) is 27.6 Å². The molecule has 2 aromatic rings. The largest absolute Gasteiger partial charge is 0.459 e. The highest BCUT2D eigenvalue weighted by atomic mass is 19.4. The lowest BCUT2D eigenvalue weighted by Gasteiger charge is -2.35. The molecule has 2 aliphatic heterocycles. The van der Waals surface area contributed by atoms with Gasteiger partial charge in [-0.2, -0.15) is 13.2 Å². The van der Waals surface area contributed by atoms with Gasteiger partial charge in [0.05, 0.1) is 17.7 Å². The molecule has 2 aliphatic rings. The number of hydrogen-bond acceptors (Lipinski definition) is 4. The predicted octanol–water partition coefficient (Wildman–Crippen LogP) is 2.93. The van der Waals surface area contributed by atoms with Gasteiger partial charge in [0.1, 0.15) is 0 Å². The fourth-order valence-corrected chi connectivity index (χ4v) is 4.32. The normalized spacial score (nSPS) is 22.7. The molecule has 1 aromatic carbocycles. The monoisotopic (exact) mass is 435 g/mol. The number of carbonyl (C=O) groups excluding carboxylic acids is 2. The number of alkyl halides is 3. The average molecular weight is 435 g/mol. The van der Waals surface area contributed by atoms with Crippen LogP contribution in [0.15, 0.2) is 47.1 Å². The Labute approximate surface area is 178 Å². The minimum Gasteiger partial charge on any atom is -0.459 e. The molecule has 0 saturated carbocycles. The molecule has 166 valence electrons. The van der Waals surface area contributed by atoms with E-state index in [1.807, 2.05) is 7.05 Å². The first-order chi connectivity index (χ1) is 14.7. The zero-order valence-electron chi connectivity index (χ0n) is 17.1. The van der Waals surface area contributed by atoms with Gasteiger partial charge in [-0.3, -0.25) is 9.59 Å². The number of amides is 2. The van der Waals surface area contributed by atoms with Crippen LogP contribution in [0.5, 0.6) is 0 Å². The van der Waals surface area contributed by atoms with Crippen LogP contribution in [0.2, 0.25) is 0 Å². The summed E-state index contributed by atoms with van der Waals surface area (Å²) in [5, 5.41) is 0. The number of carbonyl (C=O) groups is 2. The Kier molecular flexibility index (Phi) is 5.79. The highest BCUT2D eigenvalue weighted by molar-refractivity contribution is 5.92. The van der Waals surface area contributed by atoms with E-state index in [2.05, 4.69) is 4.90 Å². The van der Waals surface area contributed by atoms with Crippen LogP contribution in [0.4, 0.5) is 13.2 Å². The summed E-state index contributed by atoms with van der Waals surface area (Å²) in [5.74, 6) is -1.46. The fraction of sp³-hybridized carbons (Fsp3) is 0.455. The zero-order valence-corrected chi connectivity index (χ0v) is 17.1. The lowest BCUT2D eigenvalue weighted by Crippen LogP contribution is -2.50. The molecule has 1 aromatic heterocycles. The molecule has 0 bridgehead atoms. The second kappa shape index (κ2) is 8.37. The smallest absolute Gasteiger partial charge is 0.416 e. The van der Waals surface area contributed by atoms with Gasteiger partial charge < -0.3 is 19.1 Å². The van der Waals surface area contributed by atoms with Crippen LogP contribution >= 0.6 is 0 Å². The van der Waals surface area contributed by atoms with Crippen molar-refractivity contribution in [2.75, 3.05) is 46.3 Å². The number of likely N-dealkylation sites (tertiary alicyclic amines) is 1. The standard InChI is InChI=1S/C22H24F3N3O3/c1-26-7-9-27(10-8-26)20(29)18-14-28(21(30)19-6-3-11-31-19)13-17(18)15-4-2-5-16(12-15)22(23,24)25/h2-6,11-12,17-18H,7-10,13-14H2,1H3/t17-,18+/m0/s1. The minimum atomic E-state index is -4.48. The Balaban J connectivity index is 1.63. The Hall–Kier alpha value is -2.81. The maximum absolute atomic E-state index is 13.4.